The molecule has 0 heterocycles. The molecule has 0 bridgehead atoms. The minimum absolute atomic E-state index is 0. The van der Waals surface area contributed by atoms with E-state index < -0.39 is 6.04 Å². The Morgan fingerprint density at radius 1 is 1.30 bits per heavy atom. The van der Waals surface area contributed by atoms with Crippen molar-refractivity contribution in [2.75, 3.05) is 0 Å². The fourth-order valence-corrected chi connectivity index (χ4v) is 2.46. The van der Waals surface area contributed by atoms with Gasteiger partial charge >= 0.3 is 0 Å². The molecule has 1 amide bonds. The van der Waals surface area contributed by atoms with Crippen LogP contribution in [0.1, 0.15) is 32.8 Å². The predicted molar refractivity (Wildman–Crippen MR) is 90.1 cm³/mol. The molecule has 0 fully saturated rings. The number of nitrogens with one attached hydrogen (secondary N) is 1. The zero-order valence-electron chi connectivity index (χ0n) is 12.2. The largest absolute Gasteiger partial charge is 0.352 e. The molecule has 1 unspecified atom stereocenters. The lowest BCUT2D eigenvalue weighted by atomic mass is 10.0. The number of carbonyl (C=O) groups is 1. The smallest absolute Gasteiger partial charge is 0.237 e. The van der Waals surface area contributed by atoms with Gasteiger partial charge in [0.2, 0.25) is 5.91 Å². The fraction of sp³-hybridized carbons (Fsp3) is 0.533. The lowest BCUT2D eigenvalue weighted by Crippen LogP contribution is -2.45. The third kappa shape index (κ3) is 6.73. The molecule has 1 aromatic carbocycles. The van der Waals surface area contributed by atoms with E-state index in [1.54, 1.807) is 0 Å². The molecule has 3 nitrogen and oxygen atoms in total. The quantitative estimate of drug-likeness (QED) is 0.815. The zero-order valence-corrected chi connectivity index (χ0v) is 14.6. The molecule has 1 aromatic rings. The Hall–Kier alpha value is -0.580. The zero-order chi connectivity index (χ0) is 14.4. The van der Waals surface area contributed by atoms with E-state index in [-0.39, 0.29) is 24.4 Å². The van der Waals surface area contributed by atoms with Gasteiger partial charge in [0.05, 0.1) is 6.04 Å². The first kappa shape index (κ1) is 19.4. The highest BCUT2D eigenvalue weighted by atomic mass is 79.9. The molecule has 0 aromatic heterocycles. The van der Waals surface area contributed by atoms with E-state index in [9.17, 15) is 4.79 Å². The Morgan fingerprint density at radius 3 is 2.45 bits per heavy atom. The predicted octanol–water partition coefficient (Wildman–Crippen LogP) is 3.29. The number of rotatable bonds is 6. The highest BCUT2D eigenvalue weighted by molar-refractivity contribution is 9.10. The van der Waals surface area contributed by atoms with Crippen molar-refractivity contribution in [1.29, 1.82) is 0 Å². The van der Waals surface area contributed by atoms with Crippen LogP contribution in [0.3, 0.4) is 0 Å². The Labute approximate surface area is 136 Å². The maximum absolute atomic E-state index is 11.9. The van der Waals surface area contributed by atoms with Crippen LogP contribution in [0.4, 0.5) is 0 Å². The van der Waals surface area contributed by atoms with Crippen LogP contribution in [0.5, 0.6) is 0 Å². The van der Waals surface area contributed by atoms with Crippen LogP contribution in [-0.2, 0) is 11.2 Å². The Balaban J connectivity index is 0.00000361. The van der Waals surface area contributed by atoms with E-state index >= 15 is 0 Å². The van der Waals surface area contributed by atoms with Crippen molar-refractivity contribution in [2.45, 2.75) is 45.7 Å². The van der Waals surface area contributed by atoms with E-state index in [4.69, 9.17) is 5.73 Å². The summed E-state index contributed by atoms with van der Waals surface area (Å²) in [6.45, 7) is 6.13. The number of halogens is 2. The van der Waals surface area contributed by atoms with E-state index in [0.717, 1.165) is 10.9 Å². The Kier molecular flexibility index (Phi) is 9.10. The van der Waals surface area contributed by atoms with Gasteiger partial charge in [-0.05, 0) is 37.3 Å². The molecule has 0 aliphatic rings. The average molecular weight is 364 g/mol. The lowest BCUT2D eigenvalue weighted by Gasteiger charge is -2.19. The van der Waals surface area contributed by atoms with Crippen molar-refractivity contribution in [3.05, 3.63) is 34.3 Å². The minimum atomic E-state index is -0.415. The molecular formula is C15H24BrClN2O. The van der Waals surface area contributed by atoms with Crippen LogP contribution in [0.25, 0.3) is 0 Å². The highest BCUT2D eigenvalue weighted by Gasteiger charge is 2.17. The van der Waals surface area contributed by atoms with Gasteiger partial charge in [-0.2, -0.15) is 0 Å². The maximum Gasteiger partial charge on any atom is 0.237 e. The third-order valence-electron chi connectivity index (χ3n) is 2.93. The number of hydrogen-bond acceptors (Lipinski definition) is 2. The second-order valence-corrected chi connectivity index (χ2v) is 6.30. The van der Waals surface area contributed by atoms with E-state index in [1.165, 1.54) is 5.56 Å². The van der Waals surface area contributed by atoms with Crippen LogP contribution in [0.2, 0.25) is 0 Å². The molecule has 114 valence electrons. The van der Waals surface area contributed by atoms with Gasteiger partial charge in [-0.3, -0.25) is 4.79 Å². The molecule has 0 saturated heterocycles. The number of carbonyl (C=O) groups excluding carboxylic acids is 1. The van der Waals surface area contributed by atoms with Gasteiger partial charge in [0, 0.05) is 10.5 Å². The number of nitrogens with two attached hydrogens (primary N) is 1. The Bertz CT molecular complexity index is 426. The van der Waals surface area contributed by atoms with Crippen molar-refractivity contribution >= 4 is 34.2 Å². The van der Waals surface area contributed by atoms with Crippen molar-refractivity contribution in [1.82, 2.24) is 5.32 Å². The van der Waals surface area contributed by atoms with E-state index in [1.807, 2.05) is 25.1 Å². The average Bonchev–Trinajstić information content (AvgIpc) is 2.31. The van der Waals surface area contributed by atoms with Gasteiger partial charge in [-0.25, -0.2) is 0 Å². The van der Waals surface area contributed by atoms with Gasteiger partial charge in [0.1, 0.15) is 0 Å². The second kappa shape index (κ2) is 9.37. The van der Waals surface area contributed by atoms with Gasteiger partial charge in [0.25, 0.3) is 0 Å². The summed E-state index contributed by atoms with van der Waals surface area (Å²) in [5, 5.41) is 2.98. The summed E-state index contributed by atoms with van der Waals surface area (Å²) in [6.07, 6.45) is 1.51. The first-order valence-corrected chi connectivity index (χ1v) is 7.48. The Morgan fingerprint density at radius 2 is 1.90 bits per heavy atom. The standard InChI is InChI=1S/C15H23BrN2O.ClH/c1-10(2)8-14(17)15(19)18-11(3)9-12-6-4-5-7-13(12)16;/h4-7,10-11,14H,8-9,17H2,1-3H3,(H,18,19);1H/t11?,14-;/m0./s1. The van der Waals surface area contributed by atoms with Crippen LogP contribution in [-0.4, -0.2) is 18.0 Å². The summed E-state index contributed by atoms with van der Waals surface area (Å²) in [5.41, 5.74) is 7.06. The summed E-state index contributed by atoms with van der Waals surface area (Å²) in [6, 6.07) is 7.70. The van der Waals surface area contributed by atoms with Crippen molar-refractivity contribution in [2.24, 2.45) is 11.7 Å². The van der Waals surface area contributed by atoms with Gasteiger partial charge in [0.15, 0.2) is 0 Å². The molecule has 0 saturated carbocycles. The molecule has 0 aliphatic carbocycles. The SMILES string of the molecule is CC(C)C[C@H](N)C(=O)NC(C)Cc1ccccc1Br.Cl. The van der Waals surface area contributed by atoms with E-state index in [2.05, 4.69) is 41.2 Å². The summed E-state index contributed by atoms with van der Waals surface area (Å²) in [7, 11) is 0. The summed E-state index contributed by atoms with van der Waals surface area (Å²) < 4.78 is 1.07. The summed E-state index contributed by atoms with van der Waals surface area (Å²) >= 11 is 3.52. The maximum atomic E-state index is 11.9. The van der Waals surface area contributed by atoms with Crippen LogP contribution < -0.4 is 11.1 Å². The van der Waals surface area contributed by atoms with Gasteiger partial charge < -0.3 is 11.1 Å². The first-order valence-electron chi connectivity index (χ1n) is 6.69. The molecule has 1 rings (SSSR count). The summed E-state index contributed by atoms with van der Waals surface area (Å²) in [4.78, 5) is 11.9. The fourth-order valence-electron chi connectivity index (χ4n) is 2.01. The molecule has 3 N–H and O–H groups in total. The van der Waals surface area contributed by atoms with Crippen molar-refractivity contribution in [3.8, 4) is 0 Å². The molecular weight excluding hydrogens is 340 g/mol. The lowest BCUT2D eigenvalue weighted by molar-refractivity contribution is -0.123. The van der Waals surface area contributed by atoms with Crippen molar-refractivity contribution < 1.29 is 4.79 Å². The van der Waals surface area contributed by atoms with Gasteiger partial charge in [-0.1, -0.05) is 48.0 Å². The highest BCUT2D eigenvalue weighted by Crippen LogP contribution is 2.17. The second-order valence-electron chi connectivity index (χ2n) is 5.44. The molecule has 5 heteroatoms. The van der Waals surface area contributed by atoms with Crippen LogP contribution in [0, 0.1) is 5.92 Å². The summed E-state index contributed by atoms with van der Waals surface area (Å²) in [5.74, 6) is 0.368. The molecule has 2 atom stereocenters. The van der Waals surface area contributed by atoms with Crippen molar-refractivity contribution in [3.63, 3.8) is 0 Å². The van der Waals surface area contributed by atoms with Crippen LogP contribution in [0.15, 0.2) is 28.7 Å². The molecule has 0 radical (unpaired) electrons. The van der Waals surface area contributed by atoms with Crippen LogP contribution >= 0.6 is 28.3 Å². The monoisotopic (exact) mass is 362 g/mol. The number of hydrogen-bond donors (Lipinski definition) is 2. The molecule has 0 spiro atoms. The minimum Gasteiger partial charge on any atom is -0.352 e. The number of benzene rings is 1. The molecule has 20 heavy (non-hydrogen) atoms. The normalized spacial score (nSPS) is 13.5. The van der Waals surface area contributed by atoms with E-state index in [0.29, 0.717) is 12.3 Å². The first-order chi connectivity index (χ1) is 8.90. The number of amides is 1. The topological polar surface area (TPSA) is 55.1 Å². The third-order valence-corrected chi connectivity index (χ3v) is 3.71. The molecule has 0 aliphatic heterocycles. The van der Waals surface area contributed by atoms with Gasteiger partial charge in [-0.15, -0.1) is 12.4 Å².